The van der Waals surface area contributed by atoms with Gasteiger partial charge in [-0.15, -0.1) is 0 Å². The smallest absolute Gasteiger partial charge is 0.480 e. The van der Waals surface area contributed by atoms with Crippen LogP contribution in [0.15, 0.2) is 29.3 Å². The molecule has 0 fully saturated rings. The molecule has 1 aromatic carbocycles. The van der Waals surface area contributed by atoms with Crippen molar-refractivity contribution >= 4 is 17.9 Å². The van der Waals surface area contributed by atoms with E-state index in [0.717, 1.165) is 11.3 Å². The zero-order valence-corrected chi connectivity index (χ0v) is 10.1. The first kappa shape index (κ1) is 14.7. The summed E-state index contributed by atoms with van der Waals surface area (Å²) in [4.78, 5) is 14.2. The minimum absolute atomic E-state index is 0. The minimum atomic E-state index is -0.920. The Labute approximate surface area is 105 Å². The van der Waals surface area contributed by atoms with Crippen LogP contribution >= 0.6 is 0 Å². The molecule has 0 bridgehead atoms. The van der Waals surface area contributed by atoms with Gasteiger partial charge in [-0.25, -0.2) is 0 Å². The molecule has 0 atom stereocenters. The van der Waals surface area contributed by atoms with E-state index < -0.39 is 5.97 Å². The van der Waals surface area contributed by atoms with Crippen molar-refractivity contribution < 1.29 is 27.0 Å². The molecule has 1 aromatic rings. The Hall–Kier alpha value is -1.32. The number of anilines is 1. The second-order valence-corrected chi connectivity index (χ2v) is 3.35. The average Bonchev–Trinajstić information content (AvgIpc) is 2.18. The molecule has 90 valence electrons. The summed E-state index contributed by atoms with van der Waals surface area (Å²) in [6.45, 7) is -0.185. The Morgan fingerprint density at radius 3 is 2.38 bits per heavy atom. The Morgan fingerprint density at radius 2 is 1.94 bits per heavy atom. The summed E-state index contributed by atoms with van der Waals surface area (Å²) in [5, 5.41) is 10.2. The predicted octanol–water partition coefficient (Wildman–Crippen LogP) is -0.105. The number of hydrogen-bond donors (Lipinski definition) is 0. The summed E-state index contributed by atoms with van der Waals surface area (Å²) in [7, 11) is 3.93. The largest absolute Gasteiger partial charge is 1.00 e. The normalized spacial score (nSPS) is 9.88. The summed E-state index contributed by atoms with van der Waals surface area (Å²) in [6.07, 6.45) is 1.56. The van der Waals surface area contributed by atoms with Gasteiger partial charge in [0.1, 0.15) is 6.54 Å². The van der Waals surface area contributed by atoms with E-state index in [0.29, 0.717) is 0 Å². The molecule has 0 aliphatic rings. The molecule has 0 saturated heterocycles. The summed E-state index contributed by atoms with van der Waals surface area (Å²) in [5.41, 5.74) is 2.01. The molecule has 0 spiro atoms. The van der Waals surface area contributed by atoms with Crippen LogP contribution in [0, 0.1) is 0 Å². The molecule has 1 rings (SSSR count). The molecule has 0 aliphatic carbocycles. The van der Waals surface area contributed by atoms with Crippen LogP contribution in [0.5, 0.6) is 0 Å². The third-order valence-electron chi connectivity index (χ3n) is 1.88. The molecule has 5 heteroatoms. The first-order valence-electron chi connectivity index (χ1n) is 4.58. The number of rotatable bonds is 4. The maximum atomic E-state index is 10.2. The topological polar surface area (TPSA) is 60.1 Å². The second kappa shape index (κ2) is 7.04. The van der Waals surface area contributed by atoms with Gasteiger partial charge >= 0.3 is 23.0 Å². The fourth-order valence-corrected chi connectivity index (χ4v) is 1.09. The van der Waals surface area contributed by atoms with Gasteiger partial charge in [-0.2, -0.15) is 0 Å². The number of carboxylic acid groups (broad SMARTS) is 1. The van der Waals surface area contributed by atoms with Crippen molar-refractivity contribution in [1.82, 2.24) is 0 Å². The molecular formula is C11H14CuN2O2+. The van der Waals surface area contributed by atoms with Crippen molar-refractivity contribution in [2.24, 2.45) is 4.99 Å². The van der Waals surface area contributed by atoms with Crippen LogP contribution in [0.4, 0.5) is 5.69 Å². The van der Waals surface area contributed by atoms with E-state index in [1.165, 1.54) is 0 Å². The quantitative estimate of drug-likeness (QED) is 0.435. The molecular weight excluding hydrogens is 256 g/mol. The van der Waals surface area contributed by atoms with Crippen molar-refractivity contribution in [3.63, 3.8) is 0 Å². The molecule has 0 unspecified atom stereocenters. The average molecular weight is 270 g/mol. The second-order valence-electron chi connectivity index (χ2n) is 3.35. The molecule has 0 amide bonds. The van der Waals surface area contributed by atoms with Gasteiger partial charge in [-0.1, -0.05) is 12.1 Å². The van der Waals surface area contributed by atoms with E-state index in [4.69, 9.17) is 4.79 Å². The summed E-state index contributed by atoms with van der Waals surface area (Å²) < 4.78 is 0. The van der Waals surface area contributed by atoms with Crippen LogP contribution in [0.2, 0.25) is 0 Å². The Balaban J connectivity index is 0.00000225. The van der Waals surface area contributed by atoms with Crippen LogP contribution in [-0.2, 0) is 17.1 Å². The van der Waals surface area contributed by atoms with E-state index in [2.05, 4.69) is 4.99 Å². The zero-order chi connectivity index (χ0) is 11.3. The van der Waals surface area contributed by atoms with E-state index in [9.17, 15) is 5.11 Å². The van der Waals surface area contributed by atoms with Crippen molar-refractivity contribution in [3.05, 3.63) is 29.8 Å². The van der Waals surface area contributed by atoms with Crippen LogP contribution < -0.4 is 10.0 Å². The Bertz CT molecular complexity index is 361. The van der Waals surface area contributed by atoms with Crippen molar-refractivity contribution in [1.29, 1.82) is 0 Å². The summed E-state index contributed by atoms with van der Waals surface area (Å²) >= 11 is 0. The number of hydrogen-bond acceptors (Lipinski definition) is 3. The number of carbonyl (C=O) groups excluding carboxylic acids is 1. The Morgan fingerprint density at radius 1 is 1.38 bits per heavy atom. The van der Waals surface area contributed by atoms with Crippen LogP contribution in [0.25, 0.3) is 0 Å². The van der Waals surface area contributed by atoms with Gasteiger partial charge in [-0.05, 0) is 17.7 Å². The van der Waals surface area contributed by atoms with Crippen LogP contribution in [0.1, 0.15) is 5.56 Å². The maximum Gasteiger partial charge on any atom is 1.00 e. The molecule has 0 aliphatic heterocycles. The van der Waals surface area contributed by atoms with Gasteiger partial charge < -0.3 is 9.69 Å². The zero-order valence-electron chi connectivity index (χ0n) is 9.15. The fraction of sp³-hybridized carbons (Fsp3) is 0.273. The molecule has 4 nitrogen and oxygen atoms in total. The van der Waals surface area contributed by atoms with Gasteiger partial charge in [0.15, 0.2) is 0 Å². The van der Waals surface area contributed by atoms with Gasteiger partial charge in [0.2, 0.25) is 0 Å². The molecule has 0 aromatic heterocycles. The van der Waals surface area contributed by atoms with Crippen molar-refractivity contribution in [2.75, 3.05) is 25.5 Å². The van der Waals surface area contributed by atoms with E-state index in [1.54, 1.807) is 6.21 Å². The van der Waals surface area contributed by atoms with Gasteiger partial charge in [-0.3, -0.25) is 10.1 Å². The Kier molecular flexibility index (Phi) is 6.46. The third-order valence-corrected chi connectivity index (χ3v) is 1.88. The van der Waals surface area contributed by atoms with Crippen LogP contribution in [0.3, 0.4) is 0 Å². The monoisotopic (exact) mass is 269 g/mol. The van der Waals surface area contributed by atoms with Gasteiger partial charge in [0.25, 0.3) is 0 Å². The van der Waals surface area contributed by atoms with Crippen molar-refractivity contribution in [2.45, 2.75) is 0 Å². The number of carboxylic acids is 1. The van der Waals surface area contributed by atoms with Crippen molar-refractivity contribution in [3.8, 4) is 0 Å². The molecule has 0 heterocycles. The molecule has 1 N–H and O–H groups in total. The number of aliphatic imine (C=N–C) groups is 1. The minimum Gasteiger partial charge on any atom is -0.480 e. The van der Waals surface area contributed by atoms with Gasteiger partial charge in [0.05, 0.1) is 0 Å². The van der Waals surface area contributed by atoms with E-state index >= 15 is 0 Å². The summed E-state index contributed by atoms with van der Waals surface area (Å²) in [5.74, 6) is -0.920. The molecule has 0 radical (unpaired) electrons. The first-order chi connectivity index (χ1) is 7.09. The number of nitrogens with zero attached hydrogens (tertiary/aromatic N) is 2. The number of benzene rings is 1. The third kappa shape index (κ3) is 4.96. The van der Waals surface area contributed by atoms with E-state index in [-0.39, 0.29) is 23.6 Å². The van der Waals surface area contributed by atoms with Crippen LogP contribution in [-0.4, -0.2) is 37.6 Å². The molecule has 0 saturated carbocycles. The SMILES string of the molecule is CN(C)c1ccc(C=NCC([O-])=[OH+])cc1.[Cu+]. The summed E-state index contributed by atoms with van der Waals surface area (Å²) in [6, 6.07) is 7.73. The van der Waals surface area contributed by atoms with Gasteiger partial charge in [0, 0.05) is 26.0 Å². The fourth-order valence-electron chi connectivity index (χ4n) is 1.09. The predicted molar refractivity (Wildman–Crippen MR) is 60.2 cm³/mol. The first-order valence-corrected chi connectivity index (χ1v) is 4.58. The molecule has 16 heavy (non-hydrogen) atoms. The standard InChI is InChI=1S/C11H14N2O2.Cu/c1-13(2)10-5-3-9(4-6-10)7-12-8-11(14)15;/h3-7H,8H2,1-2H3,(H,14,15);/q;+1. The van der Waals surface area contributed by atoms with E-state index in [1.807, 2.05) is 43.3 Å². The number of aliphatic carboxylic acids is 1. The maximum absolute atomic E-state index is 10.2.